The lowest BCUT2D eigenvalue weighted by Gasteiger charge is -2.24. The molecule has 2 N–H and O–H groups in total. The minimum absolute atomic E-state index is 0.0657. The van der Waals surface area contributed by atoms with Crippen molar-refractivity contribution in [3.63, 3.8) is 0 Å². The molecule has 0 radical (unpaired) electrons. The molecule has 0 saturated heterocycles. The van der Waals surface area contributed by atoms with E-state index < -0.39 is 5.97 Å². The molecule has 42 heavy (non-hydrogen) atoms. The van der Waals surface area contributed by atoms with Crippen LogP contribution in [-0.4, -0.2) is 47.5 Å². The fourth-order valence-corrected chi connectivity index (χ4v) is 4.82. The van der Waals surface area contributed by atoms with Gasteiger partial charge in [0, 0.05) is 24.2 Å². The van der Waals surface area contributed by atoms with Crippen molar-refractivity contribution < 1.29 is 24.2 Å². The van der Waals surface area contributed by atoms with Crippen molar-refractivity contribution in [2.24, 2.45) is 0 Å². The number of carbonyl (C=O) groups excluding carboxylic acids is 2. The highest BCUT2D eigenvalue weighted by molar-refractivity contribution is 6.06. The Morgan fingerprint density at radius 2 is 1.38 bits per heavy atom. The number of carboxylic acids is 1. The van der Waals surface area contributed by atoms with Gasteiger partial charge in [0.2, 0.25) is 0 Å². The summed E-state index contributed by atoms with van der Waals surface area (Å²) < 4.78 is 5.51. The number of hydrogen-bond donors (Lipinski definition) is 2. The molecule has 1 unspecified atom stereocenters. The third kappa shape index (κ3) is 7.85. The first-order valence-corrected chi connectivity index (χ1v) is 14.1. The van der Waals surface area contributed by atoms with Crippen LogP contribution in [0.15, 0.2) is 103 Å². The standard InChI is InChI=1S/C35H36N2O5/c1-3-42-28-19-17-26(18-20-28)21-23-37(24-22-33(38)39)35(41)32-16-10-8-14-30(32)29-13-7-9-15-31(29)34(40)36-25(2)27-11-5-4-6-12-27/h4-20,25H,3,21-24H2,1-2H3,(H,36,40)(H,38,39). The van der Waals surface area contributed by atoms with Crippen molar-refractivity contribution in [1.29, 1.82) is 0 Å². The van der Waals surface area contributed by atoms with Crippen molar-refractivity contribution in [1.82, 2.24) is 10.2 Å². The van der Waals surface area contributed by atoms with Crippen molar-refractivity contribution in [2.75, 3.05) is 19.7 Å². The number of hydrogen-bond acceptors (Lipinski definition) is 4. The van der Waals surface area contributed by atoms with E-state index in [4.69, 9.17) is 4.74 Å². The molecule has 1 atom stereocenters. The van der Waals surface area contributed by atoms with Gasteiger partial charge in [-0.2, -0.15) is 0 Å². The van der Waals surface area contributed by atoms with Gasteiger partial charge in [-0.25, -0.2) is 0 Å². The van der Waals surface area contributed by atoms with Crippen LogP contribution in [0.25, 0.3) is 11.1 Å². The molecule has 0 aliphatic carbocycles. The van der Waals surface area contributed by atoms with E-state index in [1.54, 1.807) is 29.2 Å². The van der Waals surface area contributed by atoms with Crippen LogP contribution in [0.4, 0.5) is 0 Å². The summed E-state index contributed by atoms with van der Waals surface area (Å²) in [4.78, 5) is 40.4. The molecule has 2 amide bonds. The fraction of sp³-hybridized carbons (Fsp3) is 0.229. The molecular formula is C35H36N2O5. The maximum atomic E-state index is 14.0. The molecule has 0 aliphatic rings. The molecule has 0 fully saturated rings. The zero-order chi connectivity index (χ0) is 29.9. The van der Waals surface area contributed by atoms with Crippen LogP contribution < -0.4 is 10.1 Å². The quantitative estimate of drug-likeness (QED) is 0.196. The topological polar surface area (TPSA) is 95.9 Å². The van der Waals surface area contributed by atoms with Crippen molar-refractivity contribution in [3.05, 3.63) is 125 Å². The minimum Gasteiger partial charge on any atom is -0.494 e. The van der Waals surface area contributed by atoms with Gasteiger partial charge in [0.25, 0.3) is 11.8 Å². The van der Waals surface area contributed by atoms with Gasteiger partial charge in [-0.15, -0.1) is 0 Å². The predicted molar refractivity (Wildman–Crippen MR) is 164 cm³/mol. The Morgan fingerprint density at radius 3 is 2.02 bits per heavy atom. The number of nitrogens with zero attached hydrogens (tertiary/aromatic N) is 1. The summed E-state index contributed by atoms with van der Waals surface area (Å²) in [6, 6.07) is 31.5. The molecule has 0 heterocycles. The first-order valence-electron chi connectivity index (χ1n) is 14.1. The number of amides is 2. The molecule has 0 aliphatic heterocycles. The van der Waals surface area contributed by atoms with E-state index in [1.807, 2.05) is 92.7 Å². The summed E-state index contributed by atoms with van der Waals surface area (Å²) in [5.41, 5.74) is 4.10. The summed E-state index contributed by atoms with van der Waals surface area (Å²) >= 11 is 0. The largest absolute Gasteiger partial charge is 0.494 e. The Labute approximate surface area is 246 Å². The van der Waals surface area contributed by atoms with Crippen molar-refractivity contribution in [3.8, 4) is 16.9 Å². The number of nitrogens with one attached hydrogen (secondary N) is 1. The number of aliphatic carboxylic acids is 1. The summed E-state index contributed by atoms with van der Waals surface area (Å²) in [7, 11) is 0. The van der Waals surface area contributed by atoms with Crippen LogP contribution >= 0.6 is 0 Å². The first-order chi connectivity index (χ1) is 20.4. The Morgan fingerprint density at radius 1 is 0.786 bits per heavy atom. The van der Waals surface area contributed by atoms with E-state index >= 15 is 0 Å². The van der Waals surface area contributed by atoms with Gasteiger partial charge < -0.3 is 20.1 Å². The van der Waals surface area contributed by atoms with Gasteiger partial charge in [0.1, 0.15) is 5.75 Å². The smallest absolute Gasteiger partial charge is 0.305 e. The third-order valence-electron chi connectivity index (χ3n) is 7.05. The lowest BCUT2D eigenvalue weighted by atomic mass is 9.94. The highest BCUT2D eigenvalue weighted by Gasteiger charge is 2.23. The number of carbonyl (C=O) groups is 3. The minimum atomic E-state index is -0.975. The van der Waals surface area contributed by atoms with E-state index in [0.29, 0.717) is 41.8 Å². The average molecular weight is 565 g/mol. The zero-order valence-electron chi connectivity index (χ0n) is 24.0. The summed E-state index contributed by atoms with van der Waals surface area (Å²) in [6.07, 6.45) is 0.379. The molecule has 7 nitrogen and oxygen atoms in total. The van der Waals surface area contributed by atoms with E-state index in [0.717, 1.165) is 16.9 Å². The Hall–Kier alpha value is -4.91. The van der Waals surface area contributed by atoms with Crippen LogP contribution in [-0.2, 0) is 11.2 Å². The molecule has 216 valence electrons. The molecule has 0 aromatic heterocycles. The third-order valence-corrected chi connectivity index (χ3v) is 7.05. The van der Waals surface area contributed by atoms with Gasteiger partial charge >= 0.3 is 5.97 Å². The van der Waals surface area contributed by atoms with Crippen molar-refractivity contribution >= 4 is 17.8 Å². The predicted octanol–water partition coefficient (Wildman–Crippen LogP) is 6.40. The summed E-state index contributed by atoms with van der Waals surface area (Å²) in [6.45, 7) is 4.83. The van der Waals surface area contributed by atoms with Gasteiger partial charge in [0.05, 0.1) is 19.1 Å². The Bertz CT molecular complexity index is 1500. The van der Waals surface area contributed by atoms with Crippen LogP contribution in [0.1, 0.15) is 58.2 Å². The van der Waals surface area contributed by atoms with E-state index in [1.165, 1.54) is 0 Å². The van der Waals surface area contributed by atoms with Gasteiger partial charge in [-0.05, 0) is 66.8 Å². The van der Waals surface area contributed by atoms with Gasteiger partial charge in [-0.1, -0.05) is 78.9 Å². The van der Waals surface area contributed by atoms with Crippen LogP contribution in [0.5, 0.6) is 5.75 Å². The normalized spacial score (nSPS) is 11.4. The Balaban J connectivity index is 1.60. The molecule has 0 spiro atoms. The fourth-order valence-electron chi connectivity index (χ4n) is 4.82. The highest BCUT2D eigenvalue weighted by Crippen LogP contribution is 2.29. The SMILES string of the molecule is CCOc1ccc(CCN(CCC(=O)O)C(=O)c2ccccc2-c2ccccc2C(=O)NC(C)c2ccccc2)cc1. The number of ether oxygens (including phenoxy) is 1. The molecule has 4 aromatic rings. The van der Waals surface area contributed by atoms with Gasteiger partial charge in [-0.3, -0.25) is 14.4 Å². The monoisotopic (exact) mass is 564 g/mol. The lowest BCUT2D eigenvalue weighted by molar-refractivity contribution is -0.137. The number of carboxylic acid groups (broad SMARTS) is 1. The van der Waals surface area contributed by atoms with E-state index in [-0.39, 0.29) is 30.8 Å². The molecule has 4 rings (SSSR count). The van der Waals surface area contributed by atoms with E-state index in [9.17, 15) is 19.5 Å². The van der Waals surface area contributed by atoms with Crippen molar-refractivity contribution in [2.45, 2.75) is 32.7 Å². The molecular weight excluding hydrogens is 528 g/mol. The van der Waals surface area contributed by atoms with E-state index in [2.05, 4.69) is 5.32 Å². The maximum absolute atomic E-state index is 14.0. The van der Waals surface area contributed by atoms with Crippen LogP contribution in [0, 0.1) is 0 Å². The number of rotatable bonds is 13. The van der Waals surface area contributed by atoms with Gasteiger partial charge in [0.15, 0.2) is 0 Å². The second-order valence-electron chi connectivity index (χ2n) is 9.96. The Kier molecular flexibility index (Phi) is 10.5. The molecule has 4 aromatic carbocycles. The highest BCUT2D eigenvalue weighted by atomic mass is 16.5. The summed E-state index contributed by atoms with van der Waals surface area (Å²) in [5.74, 6) is -0.736. The molecule has 7 heteroatoms. The molecule has 0 saturated carbocycles. The summed E-state index contributed by atoms with van der Waals surface area (Å²) in [5, 5.41) is 12.4. The zero-order valence-corrected chi connectivity index (χ0v) is 24.0. The van der Waals surface area contributed by atoms with Crippen LogP contribution in [0.3, 0.4) is 0 Å². The lowest BCUT2D eigenvalue weighted by Crippen LogP contribution is -2.35. The number of benzene rings is 4. The molecule has 0 bridgehead atoms. The average Bonchev–Trinajstić information content (AvgIpc) is 3.02. The van der Waals surface area contributed by atoms with Crippen LogP contribution in [0.2, 0.25) is 0 Å². The maximum Gasteiger partial charge on any atom is 0.305 e. The second-order valence-corrected chi connectivity index (χ2v) is 9.96. The first kappa shape index (κ1) is 30.1. The second kappa shape index (κ2) is 14.6.